The van der Waals surface area contributed by atoms with Crippen LogP contribution in [-0.4, -0.2) is 64.7 Å². The van der Waals surface area contributed by atoms with Crippen LogP contribution in [0.15, 0.2) is 58.7 Å². The van der Waals surface area contributed by atoms with Gasteiger partial charge in [0.2, 0.25) is 0 Å². The van der Waals surface area contributed by atoms with Gasteiger partial charge >= 0.3 is 5.97 Å². The number of carbonyl (C=O) groups excluding carboxylic acids is 1. The lowest BCUT2D eigenvalue weighted by atomic mass is 9.71. The molecule has 2 bridgehead atoms. The van der Waals surface area contributed by atoms with Crippen LogP contribution in [0.5, 0.6) is 0 Å². The highest BCUT2D eigenvalue weighted by Gasteiger charge is 2.60. The van der Waals surface area contributed by atoms with Gasteiger partial charge in [0.15, 0.2) is 5.79 Å². The van der Waals surface area contributed by atoms with Crippen LogP contribution < -0.4 is 0 Å². The van der Waals surface area contributed by atoms with Crippen LogP contribution in [0.25, 0.3) is 0 Å². The molecule has 0 amide bonds. The van der Waals surface area contributed by atoms with Crippen molar-refractivity contribution in [2.45, 2.75) is 122 Å². The van der Waals surface area contributed by atoms with E-state index in [0.29, 0.717) is 36.3 Å². The Morgan fingerprint density at radius 2 is 1.95 bits per heavy atom. The lowest BCUT2D eigenvalue weighted by Gasteiger charge is -2.50. The molecule has 3 fully saturated rings. The zero-order valence-corrected chi connectivity index (χ0v) is 25.5. The summed E-state index contributed by atoms with van der Waals surface area (Å²) < 4.78 is 25.7. The standard InChI is InChI=1S/C34H48O7/c1-7-22(4)30-23(5)13-14-33(41-30)18-27-17-26(40-33)12-11-21(3)15-20(2)9-8-10-25-19-38-31-29(35)24(6)16-28(32(36)39-27)34(25,31)37/h7-11,16,20,23,26-31,35,37H,12-15,17-19H2,1-6H3/b9-8?,21-11?,22-7+,25-10?/t20-,23-,26+,27-,28-,29+,30+,31+,33+,34+/m0/s1. The van der Waals surface area contributed by atoms with E-state index in [1.54, 1.807) is 13.0 Å². The van der Waals surface area contributed by atoms with Gasteiger partial charge in [-0.25, -0.2) is 0 Å². The summed E-state index contributed by atoms with van der Waals surface area (Å²) in [6.07, 6.45) is 13.6. The van der Waals surface area contributed by atoms with Gasteiger partial charge in [0.25, 0.3) is 0 Å². The second kappa shape index (κ2) is 11.9. The minimum atomic E-state index is -1.69. The highest BCUT2D eigenvalue weighted by Crippen LogP contribution is 2.47. The van der Waals surface area contributed by atoms with Crippen LogP contribution in [0.3, 0.4) is 0 Å². The molecule has 0 aromatic rings. The van der Waals surface area contributed by atoms with Crippen LogP contribution in [-0.2, 0) is 23.7 Å². The second-order valence-corrected chi connectivity index (χ2v) is 13.2. The Balaban J connectivity index is 1.51. The number of hydrogen-bond acceptors (Lipinski definition) is 7. The maximum atomic E-state index is 14.0. The number of rotatable bonds is 1. The summed E-state index contributed by atoms with van der Waals surface area (Å²) in [7, 11) is 0. The Bertz CT molecular complexity index is 1160. The van der Waals surface area contributed by atoms with Gasteiger partial charge in [-0.1, -0.05) is 55.9 Å². The van der Waals surface area contributed by atoms with Gasteiger partial charge in [-0.15, -0.1) is 0 Å². The first kappa shape index (κ1) is 30.4. The fraction of sp³-hybridized carbons (Fsp3) is 0.676. The summed E-state index contributed by atoms with van der Waals surface area (Å²) >= 11 is 0. The third-order valence-electron chi connectivity index (χ3n) is 9.86. The molecule has 0 saturated carbocycles. The average Bonchev–Trinajstić information content (AvgIpc) is 3.27. The molecule has 41 heavy (non-hydrogen) atoms. The molecule has 0 aromatic carbocycles. The van der Waals surface area contributed by atoms with Crippen LogP contribution in [0.2, 0.25) is 0 Å². The molecule has 0 aromatic heterocycles. The first-order valence-corrected chi connectivity index (χ1v) is 15.4. The van der Waals surface area contributed by atoms with Crippen molar-refractivity contribution in [3.05, 3.63) is 58.7 Å². The number of aliphatic hydroxyl groups is 2. The molecule has 0 radical (unpaired) electrons. The van der Waals surface area contributed by atoms with Crippen molar-refractivity contribution in [1.29, 1.82) is 0 Å². The van der Waals surface area contributed by atoms with Gasteiger partial charge in [-0.2, -0.15) is 0 Å². The van der Waals surface area contributed by atoms with Crippen LogP contribution in [0.1, 0.15) is 80.1 Å². The molecule has 5 aliphatic rings. The SMILES string of the molecule is C/C=C(\C)[C@H]1O[C@]2(CC[C@@H]1C)C[C@@H]1C[C@@H](CC=C(C)C[C@@H](C)C=CC=C3CO[C@@H]4[C@H](O)C(C)=C[C@@H](C(=O)O1)[C@]34O)O2. The van der Waals surface area contributed by atoms with Crippen molar-refractivity contribution >= 4 is 5.97 Å². The minimum Gasteiger partial charge on any atom is -0.462 e. The quantitative estimate of drug-likeness (QED) is 0.320. The van der Waals surface area contributed by atoms with Crippen molar-refractivity contribution in [2.24, 2.45) is 17.8 Å². The third-order valence-corrected chi connectivity index (χ3v) is 9.86. The van der Waals surface area contributed by atoms with Gasteiger partial charge in [0.05, 0.1) is 18.8 Å². The van der Waals surface area contributed by atoms with Crippen molar-refractivity contribution in [2.75, 3.05) is 6.61 Å². The smallest absolute Gasteiger partial charge is 0.316 e. The normalized spacial score (nSPS) is 44.0. The molecule has 1 aliphatic carbocycles. The van der Waals surface area contributed by atoms with E-state index in [2.05, 4.69) is 45.9 Å². The molecule has 2 N–H and O–H groups in total. The van der Waals surface area contributed by atoms with Gasteiger partial charge in [-0.05, 0) is 75.5 Å². The predicted octanol–water partition coefficient (Wildman–Crippen LogP) is 5.48. The second-order valence-electron chi connectivity index (χ2n) is 13.2. The molecule has 10 atom stereocenters. The molecule has 226 valence electrons. The third kappa shape index (κ3) is 5.94. The number of ether oxygens (including phenoxy) is 4. The summed E-state index contributed by atoms with van der Waals surface area (Å²) in [5.74, 6) is -1.70. The Morgan fingerprint density at radius 3 is 2.71 bits per heavy atom. The first-order chi connectivity index (χ1) is 19.5. The Labute approximate surface area is 245 Å². The molecule has 4 aliphatic heterocycles. The Kier molecular flexibility index (Phi) is 8.85. The summed E-state index contributed by atoms with van der Waals surface area (Å²) in [5.41, 5.74) is 1.93. The Hall–Kier alpha value is -2.03. The molecule has 1 spiro atoms. The lowest BCUT2D eigenvalue weighted by molar-refractivity contribution is -0.329. The van der Waals surface area contributed by atoms with E-state index in [0.717, 1.165) is 19.3 Å². The number of esters is 1. The molecule has 4 heterocycles. The summed E-state index contributed by atoms with van der Waals surface area (Å²) in [5, 5.41) is 23.0. The topological polar surface area (TPSA) is 94.5 Å². The monoisotopic (exact) mass is 568 g/mol. The van der Waals surface area contributed by atoms with Gasteiger partial charge in [0.1, 0.15) is 29.8 Å². The van der Waals surface area contributed by atoms with Gasteiger partial charge in [0, 0.05) is 19.3 Å². The predicted molar refractivity (Wildman–Crippen MR) is 157 cm³/mol. The largest absolute Gasteiger partial charge is 0.462 e. The highest BCUT2D eigenvalue weighted by atomic mass is 16.7. The van der Waals surface area contributed by atoms with E-state index >= 15 is 0 Å². The summed E-state index contributed by atoms with van der Waals surface area (Å²) in [6, 6.07) is 0. The molecular weight excluding hydrogens is 520 g/mol. The number of carbonyl (C=O) groups is 1. The average molecular weight is 569 g/mol. The summed E-state index contributed by atoms with van der Waals surface area (Å²) in [4.78, 5) is 14.0. The van der Waals surface area contributed by atoms with E-state index in [4.69, 9.17) is 18.9 Å². The lowest BCUT2D eigenvalue weighted by Crippen LogP contribution is -2.58. The molecule has 7 nitrogen and oxygen atoms in total. The maximum absolute atomic E-state index is 14.0. The van der Waals surface area contributed by atoms with Crippen molar-refractivity contribution in [3.63, 3.8) is 0 Å². The molecule has 0 unspecified atom stereocenters. The fourth-order valence-electron chi connectivity index (χ4n) is 7.37. The highest BCUT2D eigenvalue weighted by molar-refractivity contribution is 5.78. The van der Waals surface area contributed by atoms with Crippen molar-refractivity contribution in [3.8, 4) is 0 Å². The number of fused-ring (bicyclic) bond motifs is 2. The molecular formula is C34H48O7. The van der Waals surface area contributed by atoms with Crippen molar-refractivity contribution < 1.29 is 34.0 Å². The number of aliphatic hydroxyl groups excluding tert-OH is 1. The van der Waals surface area contributed by atoms with E-state index < -0.39 is 41.6 Å². The van der Waals surface area contributed by atoms with Gasteiger partial charge in [-0.3, -0.25) is 4.79 Å². The van der Waals surface area contributed by atoms with Gasteiger partial charge < -0.3 is 29.2 Å². The fourth-order valence-corrected chi connectivity index (χ4v) is 7.37. The van der Waals surface area contributed by atoms with Crippen LogP contribution in [0, 0.1) is 17.8 Å². The van der Waals surface area contributed by atoms with Crippen molar-refractivity contribution in [1.82, 2.24) is 0 Å². The van der Waals surface area contributed by atoms with E-state index in [9.17, 15) is 15.0 Å². The summed E-state index contributed by atoms with van der Waals surface area (Å²) in [6.45, 7) is 12.6. The van der Waals surface area contributed by atoms with E-state index in [1.165, 1.54) is 11.1 Å². The van der Waals surface area contributed by atoms with Crippen LogP contribution >= 0.6 is 0 Å². The number of allylic oxidation sites excluding steroid dienone is 5. The Morgan fingerprint density at radius 1 is 1.17 bits per heavy atom. The minimum absolute atomic E-state index is 0.0538. The zero-order valence-electron chi connectivity index (χ0n) is 25.5. The molecule has 3 saturated heterocycles. The van der Waals surface area contributed by atoms with E-state index in [-0.39, 0.29) is 24.7 Å². The molecule has 5 rings (SSSR count). The van der Waals surface area contributed by atoms with Crippen LogP contribution in [0.4, 0.5) is 0 Å². The zero-order chi connectivity index (χ0) is 29.5. The van der Waals surface area contributed by atoms with E-state index in [1.807, 2.05) is 19.1 Å². The maximum Gasteiger partial charge on any atom is 0.316 e. The molecule has 7 heteroatoms. The number of hydrogen-bond donors (Lipinski definition) is 2. The first-order valence-electron chi connectivity index (χ1n) is 15.4.